The molecule has 1 saturated heterocycles. The summed E-state index contributed by atoms with van der Waals surface area (Å²) in [6.07, 6.45) is 9.00. The van der Waals surface area contributed by atoms with Gasteiger partial charge in [-0.2, -0.15) is 5.10 Å². The Hall–Kier alpha value is -4.57. The molecule has 0 bridgehead atoms. The van der Waals surface area contributed by atoms with E-state index < -0.39 is 5.60 Å². The van der Waals surface area contributed by atoms with Crippen molar-refractivity contribution in [1.82, 2.24) is 34.4 Å². The third-order valence-corrected chi connectivity index (χ3v) is 7.04. The molecule has 0 unspecified atom stereocenters. The number of carbonyl (C=O) groups excluding carboxylic acids is 1. The molecule has 10 heteroatoms. The molecule has 1 aliphatic heterocycles. The van der Waals surface area contributed by atoms with Crippen LogP contribution in [0.15, 0.2) is 73.4 Å². The van der Waals surface area contributed by atoms with Crippen molar-refractivity contribution in [3.8, 4) is 28.1 Å². The van der Waals surface area contributed by atoms with E-state index in [1.54, 1.807) is 21.8 Å². The molecule has 0 aliphatic carbocycles. The fourth-order valence-electron chi connectivity index (χ4n) is 4.95. The highest BCUT2D eigenvalue weighted by Crippen LogP contribution is 2.31. The van der Waals surface area contributed by atoms with Crippen molar-refractivity contribution in [2.45, 2.75) is 26.4 Å². The summed E-state index contributed by atoms with van der Waals surface area (Å²) in [4.78, 5) is 30.0. The zero-order valence-electron chi connectivity index (χ0n) is 23.5. The van der Waals surface area contributed by atoms with Gasteiger partial charge in [0.15, 0.2) is 5.65 Å². The first-order valence-corrected chi connectivity index (χ1v) is 13.8. The van der Waals surface area contributed by atoms with Crippen molar-refractivity contribution in [2.75, 3.05) is 39.3 Å². The molecule has 1 aromatic carbocycles. The maximum atomic E-state index is 12.3. The molecule has 4 aromatic heterocycles. The Labute approximate surface area is 238 Å². The minimum Gasteiger partial charge on any atom is -0.476 e. The van der Waals surface area contributed by atoms with E-state index >= 15 is 0 Å². The highest BCUT2D eigenvalue weighted by atomic mass is 16.6. The Morgan fingerprint density at radius 1 is 0.878 bits per heavy atom. The molecule has 1 aliphatic rings. The summed E-state index contributed by atoms with van der Waals surface area (Å²) >= 11 is 0. The number of fused-ring (bicyclic) bond motifs is 2. The Balaban J connectivity index is 1.05. The number of rotatable bonds is 6. The van der Waals surface area contributed by atoms with Gasteiger partial charge in [-0.1, -0.05) is 18.2 Å². The van der Waals surface area contributed by atoms with Crippen molar-refractivity contribution in [1.29, 1.82) is 0 Å². The topological polar surface area (TPSA) is 98.0 Å². The summed E-state index contributed by atoms with van der Waals surface area (Å²) in [5.74, 6) is 0.570. The average Bonchev–Trinajstić information content (AvgIpc) is 3.40. The van der Waals surface area contributed by atoms with Crippen LogP contribution in [0.4, 0.5) is 4.79 Å². The summed E-state index contributed by atoms with van der Waals surface area (Å²) < 4.78 is 13.2. The van der Waals surface area contributed by atoms with Crippen molar-refractivity contribution in [2.24, 2.45) is 0 Å². The number of aromatic nitrogens is 5. The van der Waals surface area contributed by atoms with Crippen LogP contribution in [-0.2, 0) is 4.74 Å². The average molecular weight is 552 g/mol. The fourth-order valence-corrected chi connectivity index (χ4v) is 4.95. The zero-order chi connectivity index (χ0) is 28.4. The fraction of sp³-hybridized carbons (Fsp3) is 0.323. The lowest BCUT2D eigenvalue weighted by atomic mass is 10.0. The number of piperazine rings is 1. The molecule has 0 spiro atoms. The van der Waals surface area contributed by atoms with E-state index in [2.05, 4.69) is 32.1 Å². The highest BCUT2D eigenvalue weighted by molar-refractivity contribution is 5.97. The molecule has 0 saturated carbocycles. The van der Waals surface area contributed by atoms with Crippen molar-refractivity contribution in [3.63, 3.8) is 0 Å². The largest absolute Gasteiger partial charge is 0.476 e. The lowest BCUT2D eigenvalue weighted by Gasteiger charge is -2.35. The molecule has 0 N–H and O–H groups in total. The van der Waals surface area contributed by atoms with E-state index in [4.69, 9.17) is 14.5 Å². The Kier molecular flexibility index (Phi) is 7.23. The number of amides is 1. The van der Waals surface area contributed by atoms with Gasteiger partial charge in [0.05, 0.1) is 11.7 Å². The van der Waals surface area contributed by atoms with Gasteiger partial charge in [-0.15, -0.1) is 0 Å². The quantitative estimate of drug-likeness (QED) is 0.293. The van der Waals surface area contributed by atoms with Crippen LogP contribution in [0.25, 0.3) is 38.8 Å². The van der Waals surface area contributed by atoms with E-state index in [1.807, 2.05) is 69.7 Å². The molecule has 5 heterocycles. The lowest BCUT2D eigenvalue weighted by Crippen LogP contribution is -2.50. The minimum atomic E-state index is -0.479. The lowest BCUT2D eigenvalue weighted by molar-refractivity contribution is 0.0136. The molecule has 210 valence electrons. The van der Waals surface area contributed by atoms with Crippen LogP contribution in [0.5, 0.6) is 5.88 Å². The van der Waals surface area contributed by atoms with Gasteiger partial charge in [-0.25, -0.2) is 19.3 Å². The first-order chi connectivity index (χ1) is 19.8. The number of hydrogen-bond acceptors (Lipinski definition) is 8. The van der Waals surface area contributed by atoms with Gasteiger partial charge in [-0.3, -0.25) is 9.88 Å². The van der Waals surface area contributed by atoms with E-state index in [0.717, 1.165) is 58.4 Å². The maximum Gasteiger partial charge on any atom is 0.410 e. The molecule has 0 radical (unpaired) electrons. The maximum absolute atomic E-state index is 12.3. The number of carbonyl (C=O) groups is 1. The standard InChI is InChI=1S/C31H33N7O3/c1-31(2,3)41-30(39)37-14-12-36(13-15-37)16-17-40-28-10-9-22(18-33-28)23-19-34-29-26(20-35-38(29)21-23)24-6-4-8-27-25(24)7-5-11-32-27/h4-11,18-21H,12-17H2,1-3H3. The van der Waals surface area contributed by atoms with Gasteiger partial charge in [0.2, 0.25) is 5.88 Å². The van der Waals surface area contributed by atoms with Crippen LogP contribution < -0.4 is 4.74 Å². The number of pyridine rings is 2. The van der Waals surface area contributed by atoms with Gasteiger partial charge < -0.3 is 14.4 Å². The second kappa shape index (κ2) is 11.1. The van der Waals surface area contributed by atoms with Crippen LogP contribution in [0.2, 0.25) is 0 Å². The van der Waals surface area contributed by atoms with Crippen LogP contribution in [-0.4, -0.2) is 85.4 Å². The smallest absolute Gasteiger partial charge is 0.410 e. The minimum absolute atomic E-state index is 0.248. The molecule has 41 heavy (non-hydrogen) atoms. The van der Waals surface area contributed by atoms with Gasteiger partial charge in [0.1, 0.15) is 12.2 Å². The van der Waals surface area contributed by atoms with Crippen molar-refractivity contribution >= 4 is 22.6 Å². The van der Waals surface area contributed by atoms with E-state index in [-0.39, 0.29) is 6.09 Å². The first kappa shape index (κ1) is 26.6. The SMILES string of the molecule is CC(C)(C)OC(=O)N1CCN(CCOc2ccc(-c3cnc4c(-c5cccc6ncccc56)cnn4c3)cn2)CC1. The molecular weight excluding hydrogens is 518 g/mol. The number of benzene rings is 1. The monoisotopic (exact) mass is 551 g/mol. The van der Waals surface area contributed by atoms with E-state index in [0.29, 0.717) is 25.6 Å². The third-order valence-electron chi connectivity index (χ3n) is 7.04. The van der Waals surface area contributed by atoms with Crippen molar-refractivity contribution in [3.05, 3.63) is 73.4 Å². The van der Waals surface area contributed by atoms with Crippen LogP contribution in [0, 0.1) is 0 Å². The normalized spacial score (nSPS) is 14.5. The molecule has 1 amide bonds. The Morgan fingerprint density at radius 3 is 2.49 bits per heavy atom. The molecule has 10 nitrogen and oxygen atoms in total. The summed E-state index contributed by atoms with van der Waals surface area (Å²) in [6, 6.07) is 13.9. The van der Waals surface area contributed by atoms with Crippen LogP contribution in [0.1, 0.15) is 20.8 Å². The number of ether oxygens (including phenoxy) is 2. The van der Waals surface area contributed by atoms with E-state index in [1.165, 1.54) is 0 Å². The summed E-state index contributed by atoms with van der Waals surface area (Å²) in [7, 11) is 0. The van der Waals surface area contributed by atoms with Crippen molar-refractivity contribution < 1.29 is 14.3 Å². The first-order valence-electron chi connectivity index (χ1n) is 13.8. The zero-order valence-corrected chi connectivity index (χ0v) is 23.5. The highest BCUT2D eigenvalue weighted by Gasteiger charge is 2.25. The van der Waals surface area contributed by atoms with Gasteiger partial charge in [0, 0.05) is 85.7 Å². The van der Waals surface area contributed by atoms with Gasteiger partial charge in [-0.05, 0) is 44.5 Å². The number of nitrogens with zero attached hydrogens (tertiary/aromatic N) is 7. The molecule has 5 aromatic rings. The summed E-state index contributed by atoms with van der Waals surface area (Å²) in [5.41, 5.74) is 5.10. The molecule has 6 rings (SSSR count). The molecule has 0 atom stereocenters. The van der Waals surface area contributed by atoms with Crippen LogP contribution >= 0.6 is 0 Å². The molecule has 1 fully saturated rings. The predicted molar refractivity (Wildman–Crippen MR) is 157 cm³/mol. The second-order valence-electron chi connectivity index (χ2n) is 11.1. The van der Waals surface area contributed by atoms with Gasteiger partial charge >= 0.3 is 6.09 Å². The Morgan fingerprint density at radius 2 is 1.71 bits per heavy atom. The van der Waals surface area contributed by atoms with Gasteiger partial charge in [0.25, 0.3) is 0 Å². The second-order valence-corrected chi connectivity index (χ2v) is 11.1. The summed E-state index contributed by atoms with van der Waals surface area (Å²) in [5, 5.41) is 5.64. The Bertz CT molecular complexity index is 1660. The van der Waals surface area contributed by atoms with E-state index in [9.17, 15) is 4.79 Å². The summed E-state index contributed by atoms with van der Waals surface area (Å²) in [6.45, 7) is 9.81. The predicted octanol–water partition coefficient (Wildman–Crippen LogP) is 4.94. The molecular formula is C31H33N7O3. The number of hydrogen-bond donors (Lipinski definition) is 0. The van der Waals surface area contributed by atoms with Crippen LogP contribution in [0.3, 0.4) is 0 Å². The third kappa shape index (κ3) is 5.97.